The quantitative estimate of drug-likeness (QED) is 0.845. The van der Waals surface area contributed by atoms with Gasteiger partial charge in [0.25, 0.3) is 0 Å². The number of hydrogen-bond donors (Lipinski definition) is 1. The van der Waals surface area contributed by atoms with Crippen LogP contribution in [0.4, 0.5) is 5.69 Å². The summed E-state index contributed by atoms with van der Waals surface area (Å²) in [5.41, 5.74) is 1.38. The summed E-state index contributed by atoms with van der Waals surface area (Å²) in [4.78, 5) is 12.9. The summed E-state index contributed by atoms with van der Waals surface area (Å²) in [5, 5.41) is 17.8. The minimum atomic E-state index is -0.821. The number of nitriles is 1. The van der Waals surface area contributed by atoms with Crippen LogP contribution in [0.25, 0.3) is 0 Å². The van der Waals surface area contributed by atoms with Crippen molar-refractivity contribution >= 4 is 11.7 Å². The maximum atomic E-state index is 11.1. The summed E-state index contributed by atoms with van der Waals surface area (Å²) in [7, 11) is 1.76. The number of anilines is 1. The van der Waals surface area contributed by atoms with Gasteiger partial charge in [0.05, 0.1) is 11.6 Å². The Kier molecular flexibility index (Phi) is 4.53. The van der Waals surface area contributed by atoms with Crippen LogP contribution in [-0.4, -0.2) is 24.2 Å². The van der Waals surface area contributed by atoms with Crippen molar-refractivity contribution in [1.82, 2.24) is 0 Å². The Morgan fingerprint density at radius 1 is 1.47 bits per heavy atom. The van der Waals surface area contributed by atoms with Gasteiger partial charge in [-0.3, -0.25) is 0 Å². The number of carbonyl (C=O) groups is 1. The van der Waals surface area contributed by atoms with Gasteiger partial charge < -0.3 is 10.0 Å². The molecule has 0 heterocycles. The van der Waals surface area contributed by atoms with Crippen LogP contribution in [0.15, 0.2) is 24.3 Å². The molecule has 90 valence electrons. The maximum absolute atomic E-state index is 11.1. The molecule has 0 fully saturated rings. The molecule has 1 unspecified atom stereocenters. The number of rotatable bonds is 5. The molecule has 0 saturated heterocycles. The number of benzene rings is 1. The number of likely N-dealkylation sites (N-methyl/N-ethyl adjacent to an activating group) is 1. The number of nitrogens with zero attached hydrogens (tertiary/aromatic N) is 2. The number of carboxylic acid groups (broad SMARTS) is 1. The van der Waals surface area contributed by atoms with Gasteiger partial charge in [0.15, 0.2) is 0 Å². The molecule has 0 radical (unpaired) electrons. The van der Waals surface area contributed by atoms with E-state index in [-0.39, 0.29) is 0 Å². The van der Waals surface area contributed by atoms with E-state index in [1.165, 1.54) is 0 Å². The van der Waals surface area contributed by atoms with E-state index in [0.29, 0.717) is 12.0 Å². The minimum Gasteiger partial charge on any atom is -0.480 e. The Morgan fingerprint density at radius 2 is 2.06 bits per heavy atom. The van der Waals surface area contributed by atoms with Crippen LogP contribution in [0, 0.1) is 11.3 Å². The zero-order valence-corrected chi connectivity index (χ0v) is 10.1. The molecule has 0 aliphatic heterocycles. The molecule has 0 aliphatic carbocycles. The number of hydrogen-bond acceptors (Lipinski definition) is 3. The molecule has 17 heavy (non-hydrogen) atoms. The SMILES string of the molecule is CCCC(C(=O)O)N(C)c1ccc(C#N)cc1. The van der Waals surface area contributed by atoms with Crippen molar-refractivity contribution in [3.05, 3.63) is 29.8 Å². The predicted octanol–water partition coefficient (Wildman–Crippen LogP) is 2.25. The highest BCUT2D eigenvalue weighted by molar-refractivity contribution is 5.78. The van der Waals surface area contributed by atoms with Crippen LogP contribution in [-0.2, 0) is 4.79 Å². The molecule has 4 heteroatoms. The first-order valence-corrected chi connectivity index (χ1v) is 5.56. The predicted molar refractivity (Wildman–Crippen MR) is 65.9 cm³/mol. The van der Waals surface area contributed by atoms with E-state index in [1.54, 1.807) is 36.2 Å². The third kappa shape index (κ3) is 3.22. The van der Waals surface area contributed by atoms with Gasteiger partial charge in [-0.05, 0) is 30.7 Å². The van der Waals surface area contributed by atoms with Gasteiger partial charge >= 0.3 is 5.97 Å². The van der Waals surface area contributed by atoms with Crippen LogP contribution in [0.1, 0.15) is 25.3 Å². The highest BCUT2D eigenvalue weighted by Crippen LogP contribution is 2.18. The molecule has 4 nitrogen and oxygen atoms in total. The Morgan fingerprint density at radius 3 is 2.47 bits per heavy atom. The molecule has 1 aromatic carbocycles. The first-order chi connectivity index (χ1) is 8.10. The van der Waals surface area contributed by atoms with Crippen molar-refractivity contribution in [2.45, 2.75) is 25.8 Å². The van der Waals surface area contributed by atoms with E-state index < -0.39 is 12.0 Å². The Balaban J connectivity index is 2.89. The highest BCUT2D eigenvalue weighted by atomic mass is 16.4. The van der Waals surface area contributed by atoms with E-state index in [4.69, 9.17) is 10.4 Å². The van der Waals surface area contributed by atoms with Gasteiger partial charge in [0.2, 0.25) is 0 Å². The molecule has 0 saturated carbocycles. The highest BCUT2D eigenvalue weighted by Gasteiger charge is 2.21. The second-order valence-corrected chi connectivity index (χ2v) is 3.91. The van der Waals surface area contributed by atoms with Crippen molar-refractivity contribution in [2.24, 2.45) is 0 Å². The monoisotopic (exact) mass is 232 g/mol. The summed E-state index contributed by atoms with van der Waals surface area (Å²) in [6.07, 6.45) is 1.42. The molecule has 0 bridgehead atoms. The van der Waals surface area contributed by atoms with Gasteiger partial charge in [-0.2, -0.15) is 5.26 Å². The second kappa shape index (κ2) is 5.90. The minimum absolute atomic E-state index is 0.520. The van der Waals surface area contributed by atoms with Gasteiger partial charge in [0, 0.05) is 12.7 Å². The fourth-order valence-electron chi connectivity index (χ4n) is 1.71. The fraction of sp³-hybridized carbons (Fsp3) is 0.385. The first kappa shape index (κ1) is 13.0. The average Bonchev–Trinajstić information content (AvgIpc) is 2.35. The summed E-state index contributed by atoms with van der Waals surface area (Å²) in [5.74, 6) is -0.821. The zero-order valence-electron chi connectivity index (χ0n) is 10.1. The Bertz CT molecular complexity index is 420. The summed E-state index contributed by atoms with van der Waals surface area (Å²) >= 11 is 0. The normalized spacial score (nSPS) is 11.6. The van der Waals surface area contributed by atoms with Crippen LogP contribution < -0.4 is 4.90 Å². The Labute approximate surface area is 101 Å². The number of aliphatic carboxylic acids is 1. The smallest absolute Gasteiger partial charge is 0.326 e. The lowest BCUT2D eigenvalue weighted by molar-refractivity contribution is -0.138. The van der Waals surface area contributed by atoms with E-state index in [9.17, 15) is 4.79 Å². The van der Waals surface area contributed by atoms with Gasteiger partial charge in [-0.1, -0.05) is 13.3 Å². The van der Waals surface area contributed by atoms with Gasteiger partial charge in [0.1, 0.15) is 6.04 Å². The largest absolute Gasteiger partial charge is 0.480 e. The van der Waals surface area contributed by atoms with E-state index >= 15 is 0 Å². The van der Waals surface area contributed by atoms with Crippen LogP contribution in [0.5, 0.6) is 0 Å². The fourth-order valence-corrected chi connectivity index (χ4v) is 1.71. The lowest BCUT2D eigenvalue weighted by Crippen LogP contribution is -2.38. The van der Waals surface area contributed by atoms with Crippen LogP contribution in [0.2, 0.25) is 0 Å². The number of carboxylic acids is 1. The summed E-state index contributed by atoms with van der Waals surface area (Å²) in [6.45, 7) is 1.96. The molecule has 0 aromatic heterocycles. The third-order valence-electron chi connectivity index (χ3n) is 2.72. The molecule has 0 amide bonds. The van der Waals surface area contributed by atoms with Crippen molar-refractivity contribution in [3.8, 4) is 6.07 Å². The molecule has 1 N–H and O–H groups in total. The molecular weight excluding hydrogens is 216 g/mol. The van der Waals surface area contributed by atoms with Crippen molar-refractivity contribution in [3.63, 3.8) is 0 Å². The standard InChI is InChI=1S/C13H16N2O2/c1-3-4-12(13(16)17)15(2)11-7-5-10(9-14)6-8-11/h5-8,12H,3-4H2,1-2H3,(H,16,17). The molecule has 1 aromatic rings. The van der Waals surface area contributed by atoms with E-state index in [2.05, 4.69) is 0 Å². The van der Waals surface area contributed by atoms with E-state index in [0.717, 1.165) is 12.1 Å². The van der Waals surface area contributed by atoms with E-state index in [1.807, 2.05) is 13.0 Å². The molecule has 1 atom stereocenters. The average molecular weight is 232 g/mol. The van der Waals surface area contributed by atoms with Crippen molar-refractivity contribution in [2.75, 3.05) is 11.9 Å². The Hall–Kier alpha value is -2.02. The van der Waals surface area contributed by atoms with Crippen LogP contribution >= 0.6 is 0 Å². The zero-order chi connectivity index (χ0) is 12.8. The van der Waals surface area contributed by atoms with Crippen molar-refractivity contribution < 1.29 is 9.90 Å². The first-order valence-electron chi connectivity index (χ1n) is 5.56. The second-order valence-electron chi connectivity index (χ2n) is 3.91. The van der Waals surface area contributed by atoms with Crippen LogP contribution in [0.3, 0.4) is 0 Å². The topological polar surface area (TPSA) is 64.3 Å². The van der Waals surface area contributed by atoms with Gasteiger partial charge in [-0.25, -0.2) is 4.79 Å². The maximum Gasteiger partial charge on any atom is 0.326 e. The molecule has 1 rings (SSSR count). The van der Waals surface area contributed by atoms with Crippen molar-refractivity contribution in [1.29, 1.82) is 5.26 Å². The third-order valence-corrected chi connectivity index (χ3v) is 2.72. The van der Waals surface area contributed by atoms with Gasteiger partial charge in [-0.15, -0.1) is 0 Å². The molecule has 0 aliphatic rings. The molecular formula is C13H16N2O2. The lowest BCUT2D eigenvalue weighted by Gasteiger charge is -2.26. The summed E-state index contributed by atoms with van der Waals surface area (Å²) < 4.78 is 0. The summed E-state index contributed by atoms with van der Waals surface area (Å²) in [6, 6.07) is 8.43. The lowest BCUT2D eigenvalue weighted by atomic mass is 10.1. The molecule has 0 spiro atoms.